The first kappa shape index (κ1) is 22.3. The Labute approximate surface area is 181 Å². The largest absolute Gasteiger partial charge is 0.481 e. The molecular weight excluding hydrogens is 396 g/mol. The molecule has 164 valence electrons. The second-order valence-electron chi connectivity index (χ2n) is 7.97. The van der Waals surface area contributed by atoms with Crippen LogP contribution in [0.1, 0.15) is 43.7 Å². The van der Waals surface area contributed by atoms with Crippen LogP contribution in [0.4, 0.5) is 4.79 Å². The second-order valence-corrected chi connectivity index (χ2v) is 7.97. The summed E-state index contributed by atoms with van der Waals surface area (Å²) >= 11 is 0. The summed E-state index contributed by atoms with van der Waals surface area (Å²) in [4.78, 5) is 35.1. The first-order valence-electron chi connectivity index (χ1n) is 10.5. The maximum atomic E-state index is 12.3. The highest BCUT2D eigenvalue weighted by Gasteiger charge is 2.29. The van der Waals surface area contributed by atoms with E-state index in [0.29, 0.717) is 13.0 Å². The number of rotatable bonds is 9. The van der Waals surface area contributed by atoms with E-state index in [1.807, 2.05) is 43.3 Å². The fourth-order valence-electron chi connectivity index (χ4n) is 3.88. The number of aliphatic carboxylic acids is 1. The van der Waals surface area contributed by atoms with Crippen molar-refractivity contribution >= 4 is 18.0 Å². The van der Waals surface area contributed by atoms with Crippen LogP contribution in [-0.4, -0.2) is 42.3 Å². The molecule has 31 heavy (non-hydrogen) atoms. The Balaban J connectivity index is 1.48. The van der Waals surface area contributed by atoms with Gasteiger partial charge in [0.15, 0.2) is 0 Å². The number of hydrogen-bond donors (Lipinski definition) is 3. The number of carbonyl (C=O) groups is 3. The summed E-state index contributed by atoms with van der Waals surface area (Å²) in [5.74, 6) is -1.28. The molecule has 0 fully saturated rings. The van der Waals surface area contributed by atoms with Crippen LogP contribution in [-0.2, 0) is 14.3 Å². The number of nitrogens with one attached hydrogen (secondary N) is 2. The number of ether oxygens (including phenoxy) is 1. The standard InChI is InChI=1S/C24H28N2O5/c1-15(13-22(27)28)11-12-25-23(29)16(2)26-24(30)31-14-21-19-9-5-3-7-17(19)18-8-4-6-10-20(18)21/h3-10,15-16,21H,11-14H2,1-2H3,(H,25,29)(H,26,30)(H,27,28)/t15?,16-/m1/s1. The molecule has 0 saturated carbocycles. The molecule has 0 aromatic heterocycles. The van der Waals surface area contributed by atoms with Crippen molar-refractivity contribution in [2.24, 2.45) is 5.92 Å². The van der Waals surface area contributed by atoms with Crippen molar-refractivity contribution in [3.63, 3.8) is 0 Å². The second kappa shape index (κ2) is 10.1. The highest BCUT2D eigenvalue weighted by Crippen LogP contribution is 2.44. The Hall–Kier alpha value is -3.35. The predicted molar refractivity (Wildman–Crippen MR) is 117 cm³/mol. The van der Waals surface area contributed by atoms with E-state index in [1.165, 1.54) is 0 Å². The monoisotopic (exact) mass is 424 g/mol. The average Bonchev–Trinajstić information content (AvgIpc) is 3.05. The van der Waals surface area contributed by atoms with E-state index < -0.39 is 18.1 Å². The summed E-state index contributed by atoms with van der Waals surface area (Å²) in [6.45, 7) is 3.93. The van der Waals surface area contributed by atoms with E-state index in [-0.39, 0.29) is 30.8 Å². The molecule has 2 aromatic carbocycles. The summed E-state index contributed by atoms with van der Waals surface area (Å²) in [5, 5.41) is 14.0. The van der Waals surface area contributed by atoms with Crippen molar-refractivity contribution < 1.29 is 24.2 Å². The van der Waals surface area contributed by atoms with Gasteiger partial charge in [-0.3, -0.25) is 9.59 Å². The maximum Gasteiger partial charge on any atom is 0.407 e. The number of carboxylic acids is 1. The molecule has 1 aliphatic carbocycles. The molecule has 0 bridgehead atoms. The van der Waals surface area contributed by atoms with Gasteiger partial charge in [-0.25, -0.2) is 4.79 Å². The lowest BCUT2D eigenvalue weighted by Gasteiger charge is -2.17. The van der Waals surface area contributed by atoms with E-state index in [9.17, 15) is 14.4 Å². The number of carbonyl (C=O) groups excluding carboxylic acids is 2. The Bertz CT molecular complexity index is 913. The molecule has 0 saturated heterocycles. The molecule has 0 spiro atoms. The lowest BCUT2D eigenvalue weighted by atomic mass is 9.98. The SMILES string of the molecule is CC(CCNC(=O)[C@@H](C)NC(=O)OCC1c2ccccc2-c2ccccc21)CC(=O)O. The normalized spacial score (nSPS) is 14.1. The van der Waals surface area contributed by atoms with Gasteiger partial charge in [0.25, 0.3) is 0 Å². The molecule has 7 heteroatoms. The van der Waals surface area contributed by atoms with E-state index in [0.717, 1.165) is 22.3 Å². The van der Waals surface area contributed by atoms with Crippen molar-refractivity contribution in [2.45, 2.75) is 38.6 Å². The molecule has 2 amide bonds. The highest BCUT2D eigenvalue weighted by atomic mass is 16.5. The van der Waals surface area contributed by atoms with Gasteiger partial charge in [0.05, 0.1) is 0 Å². The topological polar surface area (TPSA) is 105 Å². The third-order valence-electron chi connectivity index (χ3n) is 5.53. The average molecular weight is 424 g/mol. The zero-order valence-corrected chi connectivity index (χ0v) is 17.8. The van der Waals surface area contributed by atoms with Gasteiger partial charge in [-0.05, 0) is 41.5 Å². The van der Waals surface area contributed by atoms with Gasteiger partial charge in [-0.15, -0.1) is 0 Å². The predicted octanol–water partition coefficient (Wildman–Crippen LogP) is 3.53. The van der Waals surface area contributed by atoms with E-state index >= 15 is 0 Å². The smallest absolute Gasteiger partial charge is 0.407 e. The minimum Gasteiger partial charge on any atom is -0.481 e. The molecule has 3 rings (SSSR count). The fraction of sp³-hybridized carbons (Fsp3) is 0.375. The van der Waals surface area contributed by atoms with Crippen LogP contribution >= 0.6 is 0 Å². The Morgan fingerprint density at radius 1 is 1.00 bits per heavy atom. The van der Waals surface area contributed by atoms with Gasteiger partial charge < -0.3 is 20.5 Å². The van der Waals surface area contributed by atoms with Gasteiger partial charge >= 0.3 is 12.1 Å². The molecule has 1 unspecified atom stereocenters. The zero-order valence-electron chi connectivity index (χ0n) is 17.8. The number of amides is 2. The Morgan fingerprint density at radius 3 is 2.16 bits per heavy atom. The Morgan fingerprint density at radius 2 is 1.58 bits per heavy atom. The van der Waals surface area contributed by atoms with Crippen LogP contribution in [0.2, 0.25) is 0 Å². The lowest BCUT2D eigenvalue weighted by Crippen LogP contribution is -2.45. The van der Waals surface area contributed by atoms with Crippen LogP contribution in [0, 0.1) is 5.92 Å². The van der Waals surface area contributed by atoms with Crippen molar-refractivity contribution in [3.8, 4) is 11.1 Å². The Kier molecular flexibility index (Phi) is 7.28. The van der Waals surface area contributed by atoms with Crippen molar-refractivity contribution in [1.82, 2.24) is 10.6 Å². The summed E-state index contributed by atoms with van der Waals surface area (Å²) in [7, 11) is 0. The molecule has 2 aromatic rings. The molecule has 1 aliphatic rings. The summed E-state index contributed by atoms with van der Waals surface area (Å²) in [5.41, 5.74) is 4.55. The quantitative estimate of drug-likeness (QED) is 0.571. The van der Waals surface area contributed by atoms with Gasteiger partial charge in [0.2, 0.25) is 5.91 Å². The van der Waals surface area contributed by atoms with Gasteiger partial charge in [-0.2, -0.15) is 0 Å². The van der Waals surface area contributed by atoms with E-state index in [2.05, 4.69) is 22.8 Å². The summed E-state index contributed by atoms with van der Waals surface area (Å²) < 4.78 is 5.45. The lowest BCUT2D eigenvalue weighted by molar-refractivity contribution is -0.138. The number of hydrogen-bond acceptors (Lipinski definition) is 4. The third-order valence-corrected chi connectivity index (χ3v) is 5.53. The fourth-order valence-corrected chi connectivity index (χ4v) is 3.88. The first-order valence-corrected chi connectivity index (χ1v) is 10.5. The van der Waals surface area contributed by atoms with Crippen LogP contribution in [0.5, 0.6) is 0 Å². The van der Waals surface area contributed by atoms with E-state index in [4.69, 9.17) is 9.84 Å². The molecule has 0 radical (unpaired) electrons. The van der Waals surface area contributed by atoms with Gasteiger partial charge in [0.1, 0.15) is 12.6 Å². The molecular formula is C24H28N2O5. The number of alkyl carbamates (subject to hydrolysis) is 1. The minimum absolute atomic E-state index is 0.0387. The maximum absolute atomic E-state index is 12.3. The minimum atomic E-state index is -0.857. The summed E-state index contributed by atoms with van der Waals surface area (Å²) in [6, 6.07) is 15.4. The number of benzene rings is 2. The third kappa shape index (κ3) is 5.63. The zero-order chi connectivity index (χ0) is 22.4. The molecule has 0 heterocycles. The van der Waals surface area contributed by atoms with Crippen LogP contribution < -0.4 is 10.6 Å². The molecule has 0 aliphatic heterocycles. The molecule has 2 atom stereocenters. The van der Waals surface area contributed by atoms with Gasteiger partial charge in [0, 0.05) is 18.9 Å². The van der Waals surface area contributed by atoms with Gasteiger partial charge in [-0.1, -0.05) is 55.5 Å². The van der Waals surface area contributed by atoms with Crippen molar-refractivity contribution in [1.29, 1.82) is 0 Å². The van der Waals surface area contributed by atoms with E-state index in [1.54, 1.807) is 6.92 Å². The molecule has 3 N–H and O–H groups in total. The van der Waals surface area contributed by atoms with Crippen molar-refractivity contribution in [2.75, 3.05) is 13.2 Å². The molecule has 7 nitrogen and oxygen atoms in total. The highest BCUT2D eigenvalue weighted by molar-refractivity contribution is 5.85. The summed E-state index contributed by atoms with van der Waals surface area (Å²) in [6.07, 6.45) is -0.0391. The number of fused-ring (bicyclic) bond motifs is 3. The first-order chi connectivity index (χ1) is 14.9. The van der Waals surface area contributed by atoms with Crippen LogP contribution in [0.15, 0.2) is 48.5 Å². The van der Waals surface area contributed by atoms with Crippen LogP contribution in [0.25, 0.3) is 11.1 Å². The number of carboxylic acid groups (broad SMARTS) is 1. The van der Waals surface area contributed by atoms with Crippen LogP contribution in [0.3, 0.4) is 0 Å². The van der Waals surface area contributed by atoms with Crippen molar-refractivity contribution in [3.05, 3.63) is 59.7 Å².